The molecule has 3 aromatic carbocycles. The van der Waals surface area contributed by atoms with Crippen LogP contribution in [0.1, 0.15) is 5.56 Å². The average molecular weight is 409 g/mol. The molecule has 1 heterocycles. The summed E-state index contributed by atoms with van der Waals surface area (Å²) in [5.41, 5.74) is 2.07. The molecule has 29 heavy (non-hydrogen) atoms. The van der Waals surface area contributed by atoms with Gasteiger partial charge in [0.1, 0.15) is 5.82 Å². The van der Waals surface area contributed by atoms with Gasteiger partial charge in [-0.25, -0.2) is 12.8 Å². The first kappa shape index (κ1) is 18.8. The number of aromatic nitrogens is 2. The van der Waals surface area contributed by atoms with E-state index >= 15 is 0 Å². The number of hydrogen-bond acceptors (Lipinski definition) is 5. The van der Waals surface area contributed by atoms with Crippen LogP contribution in [0.3, 0.4) is 0 Å². The summed E-state index contributed by atoms with van der Waals surface area (Å²) in [6.07, 6.45) is 0. The first-order valence-electron chi connectivity index (χ1n) is 8.71. The maximum absolute atomic E-state index is 13.5. The van der Waals surface area contributed by atoms with Crippen LogP contribution in [-0.2, 0) is 10.0 Å². The Hall–Kier alpha value is -3.52. The van der Waals surface area contributed by atoms with Crippen LogP contribution in [0.15, 0.2) is 82.1 Å². The van der Waals surface area contributed by atoms with E-state index < -0.39 is 15.8 Å². The van der Waals surface area contributed by atoms with E-state index in [0.29, 0.717) is 22.7 Å². The maximum Gasteiger partial charge on any atom is 0.262 e. The lowest BCUT2D eigenvalue weighted by Gasteiger charge is -2.11. The summed E-state index contributed by atoms with van der Waals surface area (Å²) in [5, 5.41) is 8.08. The number of aryl methyl sites for hydroxylation is 1. The van der Waals surface area contributed by atoms with E-state index in [1.54, 1.807) is 31.2 Å². The first-order chi connectivity index (χ1) is 13.9. The Morgan fingerprint density at radius 1 is 0.862 bits per heavy atom. The fourth-order valence-electron chi connectivity index (χ4n) is 2.83. The van der Waals surface area contributed by atoms with Crippen molar-refractivity contribution in [2.45, 2.75) is 11.8 Å². The molecule has 1 aromatic heterocycles. The van der Waals surface area contributed by atoms with Crippen LogP contribution in [0.25, 0.3) is 22.9 Å². The van der Waals surface area contributed by atoms with Gasteiger partial charge in [-0.1, -0.05) is 30.3 Å². The van der Waals surface area contributed by atoms with Gasteiger partial charge in [0, 0.05) is 16.8 Å². The van der Waals surface area contributed by atoms with Crippen LogP contribution in [0.5, 0.6) is 0 Å². The smallest absolute Gasteiger partial charge is 0.262 e. The largest absolute Gasteiger partial charge is 0.416 e. The third kappa shape index (κ3) is 4.02. The zero-order valence-electron chi connectivity index (χ0n) is 15.3. The molecule has 0 unspecified atom stereocenters. The van der Waals surface area contributed by atoms with Gasteiger partial charge in [-0.15, -0.1) is 10.2 Å². The van der Waals surface area contributed by atoms with Crippen molar-refractivity contribution in [3.8, 4) is 22.9 Å². The predicted octanol–water partition coefficient (Wildman–Crippen LogP) is 4.65. The highest BCUT2D eigenvalue weighted by Crippen LogP contribution is 2.27. The molecule has 4 aromatic rings. The summed E-state index contributed by atoms with van der Waals surface area (Å²) >= 11 is 0. The number of nitrogens with one attached hydrogen (secondary N) is 1. The van der Waals surface area contributed by atoms with E-state index in [9.17, 15) is 12.8 Å². The Kier molecular flexibility index (Phi) is 4.85. The third-order valence-corrected chi connectivity index (χ3v) is 5.77. The first-order valence-corrected chi connectivity index (χ1v) is 10.2. The van der Waals surface area contributed by atoms with Crippen LogP contribution in [0, 0.1) is 12.7 Å². The van der Waals surface area contributed by atoms with E-state index in [0.717, 1.165) is 11.6 Å². The molecule has 0 aliphatic rings. The number of hydrogen-bond donors (Lipinski definition) is 1. The lowest BCUT2D eigenvalue weighted by Crippen LogP contribution is -2.14. The molecule has 0 radical (unpaired) electrons. The molecule has 0 spiro atoms. The molecular formula is C21H16FN3O3S. The second kappa shape index (κ2) is 7.48. The summed E-state index contributed by atoms with van der Waals surface area (Å²) < 4.78 is 47.1. The standard InChI is InChI=1S/C21H16FN3O3S/c1-14-10-11-17(22)13-19(14)29(26,27)25-18-9-5-8-16(12-18)21-24-23-20(28-21)15-6-3-2-4-7-15/h2-13,25H,1H3. The minimum Gasteiger partial charge on any atom is -0.416 e. The van der Waals surface area contributed by atoms with Gasteiger partial charge in [0.05, 0.1) is 4.90 Å². The van der Waals surface area contributed by atoms with Gasteiger partial charge < -0.3 is 4.42 Å². The molecule has 0 aliphatic heterocycles. The van der Waals surface area contributed by atoms with Gasteiger partial charge in [0.15, 0.2) is 0 Å². The number of sulfonamides is 1. The highest BCUT2D eigenvalue weighted by molar-refractivity contribution is 7.92. The van der Waals surface area contributed by atoms with Crippen molar-refractivity contribution in [3.63, 3.8) is 0 Å². The van der Waals surface area contributed by atoms with Gasteiger partial charge in [0.25, 0.3) is 10.0 Å². The topological polar surface area (TPSA) is 85.1 Å². The monoisotopic (exact) mass is 409 g/mol. The molecule has 4 rings (SSSR count). The Morgan fingerprint density at radius 3 is 2.31 bits per heavy atom. The van der Waals surface area contributed by atoms with Crippen LogP contribution < -0.4 is 4.72 Å². The Balaban J connectivity index is 1.63. The Labute approximate surface area is 167 Å². The van der Waals surface area contributed by atoms with E-state index in [1.165, 1.54) is 12.1 Å². The fourth-order valence-corrected chi connectivity index (χ4v) is 4.13. The number of anilines is 1. The highest BCUT2D eigenvalue weighted by atomic mass is 32.2. The summed E-state index contributed by atoms with van der Waals surface area (Å²) in [4.78, 5) is -0.118. The molecule has 146 valence electrons. The van der Waals surface area contributed by atoms with Crippen molar-refractivity contribution in [1.82, 2.24) is 10.2 Å². The van der Waals surface area contributed by atoms with Crippen molar-refractivity contribution >= 4 is 15.7 Å². The fraction of sp³-hybridized carbons (Fsp3) is 0.0476. The zero-order chi connectivity index (χ0) is 20.4. The molecule has 1 N–H and O–H groups in total. The SMILES string of the molecule is Cc1ccc(F)cc1S(=O)(=O)Nc1cccc(-c2nnc(-c3ccccc3)o2)c1. The third-order valence-electron chi connectivity index (χ3n) is 4.25. The molecule has 6 nitrogen and oxygen atoms in total. The van der Waals surface area contributed by atoms with Gasteiger partial charge in [-0.2, -0.15) is 0 Å². The Morgan fingerprint density at radius 2 is 1.55 bits per heavy atom. The summed E-state index contributed by atoms with van der Waals surface area (Å²) in [7, 11) is -3.96. The number of rotatable bonds is 5. The summed E-state index contributed by atoms with van der Waals surface area (Å²) in [6, 6.07) is 19.5. The van der Waals surface area contributed by atoms with E-state index in [2.05, 4.69) is 14.9 Å². The minimum atomic E-state index is -3.96. The van der Waals surface area contributed by atoms with Crippen molar-refractivity contribution in [1.29, 1.82) is 0 Å². The molecule has 0 aliphatic carbocycles. The number of benzene rings is 3. The molecule has 0 saturated carbocycles. The summed E-state index contributed by atoms with van der Waals surface area (Å²) in [5.74, 6) is -0.00201. The van der Waals surface area contributed by atoms with Gasteiger partial charge in [0.2, 0.25) is 11.8 Å². The minimum absolute atomic E-state index is 0.118. The molecule has 0 atom stereocenters. The normalized spacial score (nSPS) is 11.4. The number of halogens is 1. The molecular weight excluding hydrogens is 393 g/mol. The molecule has 0 fully saturated rings. The lowest BCUT2D eigenvalue weighted by molar-refractivity contribution is 0.584. The zero-order valence-corrected chi connectivity index (χ0v) is 16.2. The molecule has 0 saturated heterocycles. The van der Waals surface area contributed by atoms with Gasteiger partial charge in [-0.05, 0) is 55.0 Å². The van der Waals surface area contributed by atoms with E-state index in [1.807, 2.05) is 30.3 Å². The van der Waals surface area contributed by atoms with Gasteiger partial charge >= 0.3 is 0 Å². The Bertz CT molecular complexity index is 1270. The highest BCUT2D eigenvalue weighted by Gasteiger charge is 2.19. The second-order valence-corrected chi connectivity index (χ2v) is 8.03. The van der Waals surface area contributed by atoms with Crippen LogP contribution in [0.2, 0.25) is 0 Å². The second-order valence-electron chi connectivity index (χ2n) is 6.37. The van der Waals surface area contributed by atoms with Crippen molar-refractivity contribution in [3.05, 3.63) is 84.2 Å². The molecule has 0 bridgehead atoms. The lowest BCUT2D eigenvalue weighted by atomic mass is 10.2. The predicted molar refractivity (Wildman–Crippen MR) is 107 cm³/mol. The van der Waals surface area contributed by atoms with Crippen molar-refractivity contribution < 1.29 is 17.2 Å². The molecule has 0 amide bonds. The van der Waals surface area contributed by atoms with Crippen LogP contribution >= 0.6 is 0 Å². The van der Waals surface area contributed by atoms with E-state index in [4.69, 9.17) is 4.42 Å². The molecule has 8 heteroatoms. The van der Waals surface area contributed by atoms with Crippen molar-refractivity contribution in [2.75, 3.05) is 4.72 Å². The van der Waals surface area contributed by atoms with Crippen LogP contribution in [0.4, 0.5) is 10.1 Å². The maximum atomic E-state index is 13.5. The quantitative estimate of drug-likeness (QED) is 0.519. The summed E-state index contributed by atoms with van der Waals surface area (Å²) in [6.45, 7) is 1.61. The van der Waals surface area contributed by atoms with E-state index in [-0.39, 0.29) is 10.8 Å². The van der Waals surface area contributed by atoms with Gasteiger partial charge in [-0.3, -0.25) is 4.72 Å². The van der Waals surface area contributed by atoms with Crippen molar-refractivity contribution in [2.24, 2.45) is 0 Å². The average Bonchev–Trinajstić information content (AvgIpc) is 3.21. The number of nitrogens with zero attached hydrogens (tertiary/aromatic N) is 2. The van der Waals surface area contributed by atoms with Crippen LogP contribution in [-0.4, -0.2) is 18.6 Å².